The summed E-state index contributed by atoms with van der Waals surface area (Å²) in [5, 5.41) is 10.2. The third kappa shape index (κ3) is 2.99. The molecule has 1 fully saturated rings. The third-order valence-electron chi connectivity index (χ3n) is 3.65. The van der Waals surface area contributed by atoms with Crippen molar-refractivity contribution >= 4 is 11.6 Å². The Kier molecular flexibility index (Phi) is 4.25. The van der Waals surface area contributed by atoms with Gasteiger partial charge in [-0.15, -0.1) is 0 Å². The van der Waals surface area contributed by atoms with E-state index in [1.54, 1.807) is 0 Å². The van der Waals surface area contributed by atoms with Crippen molar-refractivity contribution in [3.8, 4) is 0 Å². The van der Waals surface area contributed by atoms with E-state index >= 15 is 0 Å². The molecule has 0 heterocycles. The van der Waals surface area contributed by atoms with Crippen LogP contribution in [-0.4, -0.2) is 11.7 Å². The number of hydrogen-bond donors (Lipinski definition) is 1. The zero-order chi connectivity index (χ0) is 11.4. The van der Waals surface area contributed by atoms with Crippen LogP contribution < -0.4 is 0 Å². The lowest BCUT2D eigenvalue weighted by Gasteiger charge is -2.18. The highest BCUT2D eigenvalue weighted by Crippen LogP contribution is 2.34. The zero-order valence-corrected chi connectivity index (χ0v) is 10.3. The van der Waals surface area contributed by atoms with E-state index in [0.29, 0.717) is 5.92 Å². The van der Waals surface area contributed by atoms with E-state index in [2.05, 4.69) is 0 Å². The minimum atomic E-state index is 0.248. The van der Waals surface area contributed by atoms with Crippen LogP contribution in [-0.2, 0) is 0 Å². The first-order chi connectivity index (χ1) is 7.79. The van der Waals surface area contributed by atoms with Gasteiger partial charge in [0.1, 0.15) is 0 Å². The van der Waals surface area contributed by atoms with Crippen LogP contribution in [0.15, 0.2) is 24.3 Å². The summed E-state index contributed by atoms with van der Waals surface area (Å²) in [5.41, 5.74) is 1.22. The van der Waals surface area contributed by atoms with E-state index in [9.17, 15) is 5.11 Å². The maximum Gasteiger partial charge on any atom is 0.0499 e. The topological polar surface area (TPSA) is 20.2 Å². The summed E-state index contributed by atoms with van der Waals surface area (Å²) in [6, 6.07) is 7.90. The molecular weight excluding hydrogens is 220 g/mol. The smallest absolute Gasteiger partial charge is 0.0499 e. The van der Waals surface area contributed by atoms with E-state index in [-0.39, 0.29) is 6.61 Å². The highest BCUT2D eigenvalue weighted by Gasteiger charge is 2.20. The van der Waals surface area contributed by atoms with Crippen molar-refractivity contribution in [3.05, 3.63) is 34.9 Å². The van der Waals surface area contributed by atoms with Crippen LogP contribution >= 0.6 is 11.6 Å². The van der Waals surface area contributed by atoms with E-state index < -0.39 is 0 Å². The highest BCUT2D eigenvalue weighted by molar-refractivity contribution is 6.30. The first-order valence-electron chi connectivity index (χ1n) is 6.16. The first-order valence-corrected chi connectivity index (χ1v) is 6.53. The van der Waals surface area contributed by atoms with E-state index in [1.807, 2.05) is 24.3 Å². The average Bonchev–Trinajstić information content (AvgIpc) is 2.80. The highest BCUT2D eigenvalue weighted by atomic mass is 35.5. The number of aliphatic hydroxyl groups is 1. The van der Waals surface area contributed by atoms with Crippen molar-refractivity contribution < 1.29 is 5.11 Å². The molecule has 0 aromatic heterocycles. The van der Waals surface area contributed by atoms with Crippen molar-refractivity contribution in [3.63, 3.8) is 0 Å². The Morgan fingerprint density at radius 2 is 1.81 bits per heavy atom. The normalized spacial score (nSPS) is 18.9. The predicted octanol–water partition coefficient (Wildman–Crippen LogP) is 4.00. The van der Waals surface area contributed by atoms with Gasteiger partial charge in [-0.05, 0) is 30.0 Å². The fourth-order valence-electron chi connectivity index (χ4n) is 2.70. The van der Waals surface area contributed by atoms with E-state index in [4.69, 9.17) is 11.6 Å². The summed E-state index contributed by atoms with van der Waals surface area (Å²) in [6.45, 7) is 0.248. The zero-order valence-electron chi connectivity index (χ0n) is 9.53. The van der Waals surface area contributed by atoms with Gasteiger partial charge in [0, 0.05) is 17.5 Å². The maximum atomic E-state index is 9.48. The van der Waals surface area contributed by atoms with Gasteiger partial charge in [-0.25, -0.2) is 0 Å². The maximum absolute atomic E-state index is 9.48. The standard InChI is InChI=1S/C14H19ClO/c15-14-7-5-12(6-8-14)13(10-16)9-11-3-1-2-4-11/h5-8,11,13,16H,1-4,9-10H2. The quantitative estimate of drug-likeness (QED) is 0.841. The molecule has 0 bridgehead atoms. The van der Waals surface area contributed by atoms with Gasteiger partial charge in [0.05, 0.1) is 0 Å². The van der Waals surface area contributed by atoms with Gasteiger partial charge >= 0.3 is 0 Å². The number of aliphatic hydroxyl groups excluding tert-OH is 1. The Morgan fingerprint density at radius 1 is 1.19 bits per heavy atom. The molecule has 0 aliphatic heterocycles. The molecule has 0 radical (unpaired) electrons. The van der Waals surface area contributed by atoms with Crippen molar-refractivity contribution in [1.82, 2.24) is 0 Å². The Hall–Kier alpha value is -0.530. The second-order valence-corrected chi connectivity index (χ2v) is 5.25. The molecule has 88 valence electrons. The molecule has 16 heavy (non-hydrogen) atoms. The SMILES string of the molecule is OCC(CC1CCCC1)c1ccc(Cl)cc1. The van der Waals surface area contributed by atoms with Crippen molar-refractivity contribution in [2.45, 2.75) is 38.0 Å². The fraction of sp³-hybridized carbons (Fsp3) is 0.571. The Balaban J connectivity index is 2.00. The van der Waals surface area contributed by atoms with Crippen LogP contribution in [0.3, 0.4) is 0 Å². The number of rotatable bonds is 4. The number of hydrogen-bond acceptors (Lipinski definition) is 1. The second kappa shape index (κ2) is 5.70. The first kappa shape index (κ1) is 11.9. The fourth-order valence-corrected chi connectivity index (χ4v) is 2.83. The lowest BCUT2D eigenvalue weighted by molar-refractivity contribution is 0.244. The van der Waals surface area contributed by atoms with Gasteiger partial charge < -0.3 is 5.11 Å². The molecule has 1 nitrogen and oxygen atoms in total. The Bertz CT molecular complexity index is 314. The minimum absolute atomic E-state index is 0.248. The third-order valence-corrected chi connectivity index (χ3v) is 3.91. The van der Waals surface area contributed by atoms with E-state index in [1.165, 1.54) is 31.2 Å². The lowest BCUT2D eigenvalue weighted by Crippen LogP contribution is -2.09. The van der Waals surface area contributed by atoms with Crippen LogP contribution in [0.4, 0.5) is 0 Å². The molecule has 0 saturated heterocycles. The molecule has 2 heteroatoms. The Morgan fingerprint density at radius 3 is 2.38 bits per heavy atom. The van der Waals surface area contributed by atoms with Gasteiger partial charge in [-0.2, -0.15) is 0 Å². The second-order valence-electron chi connectivity index (χ2n) is 4.82. The molecule has 1 aliphatic rings. The molecule has 1 aromatic rings. The summed E-state index contributed by atoms with van der Waals surface area (Å²) in [5.74, 6) is 1.10. The van der Waals surface area contributed by atoms with Crippen molar-refractivity contribution in [1.29, 1.82) is 0 Å². The van der Waals surface area contributed by atoms with Gasteiger partial charge in [0.15, 0.2) is 0 Å². The molecule has 2 rings (SSSR count). The molecule has 0 spiro atoms. The molecule has 1 aromatic carbocycles. The monoisotopic (exact) mass is 238 g/mol. The predicted molar refractivity (Wildman–Crippen MR) is 67.9 cm³/mol. The average molecular weight is 239 g/mol. The summed E-state index contributed by atoms with van der Waals surface area (Å²) in [6.07, 6.45) is 6.53. The molecule has 1 aliphatic carbocycles. The van der Waals surface area contributed by atoms with E-state index in [0.717, 1.165) is 17.4 Å². The lowest BCUT2D eigenvalue weighted by atomic mass is 9.88. The van der Waals surface area contributed by atoms with Gasteiger partial charge in [0.25, 0.3) is 0 Å². The molecule has 1 unspecified atom stereocenters. The van der Waals surface area contributed by atoms with Gasteiger partial charge in [-0.3, -0.25) is 0 Å². The number of benzene rings is 1. The molecular formula is C14H19ClO. The van der Waals surface area contributed by atoms with Gasteiger partial charge in [0.2, 0.25) is 0 Å². The van der Waals surface area contributed by atoms with Crippen molar-refractivity contribution in [2.24, 2.45) is 5.92 Å². The van der Waals surface area contributed by atoms with Crippen LogP contribution in [0.5, 0.6) is 0 Å². The Labute approximate surface area is 102 Å². The summed E-state index contributed by atoms with van der Waals surface area (Å²) < 4.78 is 0. The molecule has 0 amide bonds. The molecule has 1 saturated carbocycles. The van der Waals surface area contributed by atoms with Crippen LogP contribution in [0.25, 0.3) is 0 Å². The summed E-state index contributed by atoms with van der Waals surface area (Å²) in [7, 11) is 0. The summed E-state index contributed by atoms with van der Waals surface area (Å²) in [4.78, 5) is 0. The molecule has 1 N–H and O–H groups in total. The summed E-state index contributed by atoms with van der Waals surface area (Å²) >= 11 is 5.87. The van der Waals surface area contributed by atoms with Crippen LogP contribution in [0.1, 0.15) is 43.6 Å². The number of halogens is 1. The van der Waals surface area contributed by atoms with Crippen LogP contribution in [0, 0.1) is 5.92 Å². The molecule has 1 atom stereocenters. The van der Waals surface area contributed by atoms with Crippen molar-refractivity contribution in [2.75, 3.05) is 6.61 Å². The minimum Gasteiger partial charge on any atom is -0.396 e. The van der Waals surface area contributed by atoms with Crippen LogP contribution in [0.2, 0.25) is 5.02 Å². The largest absolute Gasteiger partial charge is 0.396 e. The van der Waals surface area contributed by atoms with Gasteiger partial charge in [-0.1, -0.05) is 49.4 Å².